The van der Waals surface area contributed by atoms with E-state index in [4.69, 9.17) is 0 Å². The summed E-state index contributed by atoms with van der Waals surface area (Å²) in [5.41, 5.74) is 2.32. The van der Waals surface area contributed by atoms with Gasteiger partial charge in [0.2, 0.25) is 0 Å². The maximum absolute atomic E-state index is 4.32. The van der Waals surface area contributed by atoms with E-state index < -0.39 is 0 Å². The Morgan fingerprint density at radius 2 is 2.20 bits per heavy atom. The zero-order valence-electron chi connectivity index (χ0n) is 10.3. The van der Waals surface area contributed by atoms with Crippen molar-refractivity contribution in [2.24, 2.45) is 7.05 Å². The van der Waals surface area contributed by atoms with Crippen molar-refractivity contribution in [3.63, 3.8) is 0 Å². The number of rotatable bonds is 5. The summed E-state index contributed by atoms with van der Waals surface area (Å²) in [5.74, 6) is 0. The SMILES string of the molecule is CSC(C)(C)CNCc1cc(C)nn1C. The van der Waals surface area contributed by atoms with Crippen LogP contribution in [0.4, 0.5) is 0 Å². The third-order valence-electron chi connectivity index (χ3n) is 2.51. The molecular formula is C11H21N3S. The van der Waals surface area contributed by atoms with Crippen molar-refractivity contribution in [3.8, 4) is 0 Å². The molecule has 0 bridgehead atoms. The van der Waals surface area contributed by atoms with Gasteiger partial charge in [-0.1, -0.05) is 0 Å². The van der Waals surface area contributed by atoms with Crippen molar-refractivity contribution in [2.75, 3.05) is 12.8 Å². The second-order valence-corrected chi connectivity index (χ2v) is 5.98. The van der Waals surface area contributed by atoms with Crippen molar-refractivity contribution in [3.05, 3.63) is 17.5 Å². The summed E-state index contributed by atoms with van der Waals surface area (Å²) in [4.78, 5) is 0. The first-order valence-electron chi connectivity index (χ1n) is 5.20. The van der Waals surface area contributed by atoms with Gasteiger partial charge in [-0.05, 0) is 33.1 Å². The van der Waals surface area contributed by atoms with Crippen LogP contribution in [0.3, 0.4) is 0 Å². The molecule has 1 rings (SSSR count). The Bertz CT molecular complexity index is 318. The quantitative estimate of drug-likeness (QED) is 0.834. The molecule has 4 heteroatoms. The zero-order valence-corrected chi connectivity index (χ0v) is 11.1. The van der Waals surface area contributed by atoms with Crippen LogP contribution >= 0.6 is 11.8 Å². The third kappa shape index (κ3) is 3.87. The fourth-order valence-electron chi connectivity index (χ4n) is 1.39. The van der Waals surface area contributed by atoms with E-state index in [1.807, 2.05) is 30.4 Å². The number of hydrogen-bond donors (Lipinski definition) is 1. The number of aromatic nitrogens is 2. The molecule has 1 N–H and O–H groups in total. The van der Waals surface area contributed by atoms with Crippen LogP contribution in [0.15, 0.2) is 6.07 Å². The normalized spacial score (nSPS) is 12.1. The summed E-state index contributed by atoms with van der Waals surface area (Å²) < 4.78 is 2.24. The second-order valence-electron chi connectivity index (χ2n) is 4.47. The first kappa shape index (κ1) is 12.6. The predicted octanol–water partition coefficient (Wildman–Crippen LogP) is 1.96. The van der Waals surface area contributed by atoms with Crippen molar-refractivity contribution < 1.29 is 0 Å². The Labute approximate surface area is 96.6 Å². The Hall–Kier alpha value is -0.480. The summed E-state index contributed by atoms with van der Waals surface area (Å²) in [7, 11) is 1.99. The number of nitrogens with one attached hydrogen (secondary N) is 1. The minimum atomic E-state index is 0.299. The van der Waals surface area contributed by atoms with Gasteiger partial charge in [-0.3, -0.25) is 4.68 Å². The molecule has 0 radical (unpaired) electrons. The molecule has 1 heterocycles. The molecule has 0 aromatic carbocycles. The lowest BCUT2D eigenvalue weighted by Gasteiger charge is -2.22. The van der Waals surface area contributed by atoms with Crippen LogP contribution < -0.4 is 5.32 Å². The molecule has 0 aliphatic rings. The number of hydrogen-bond acceptors (Lipinski definition) is 3. The molecule has 0 aliphatic heterocycles. The Morgan fingerprint density at radius 3 is 2.67 bits per heavy atom. The summed E-state index contributed by atoms with van der Waals surface area (Å²) >= 11 is 1.89. The third-order valence-corrected chi connectivity index (χ3v) is 3.76. The molecule has 3 nitrogen and oxygen atoms in total. The lowest BCUT2D eigenvalue weighted by atomic mass is 10.2. The van der Waals surface area contributed by atoms with E-state index in [0.717, 1.165) is 18.8 Å². The number of aryl methyl sites for hydroxylation is 2. The van der Waals surface area contributed by atoms with Gasteiger partial charge in [0.05, 0.1) is 11.4 Å². The van der Waals surface area contributed by atoms with Crippen molar-refractivity contribution in [2.45, 2.75) is 32.1 Å². The van der Waals surface area contributed by atoms with E-state index in [-0.39, 0.29) is 0 Å². The van der Waals surface area contributed by atoms with E-state index in [1.54, 1.807) is 0 Å². The van der Waals surface area contributed by atoms with Gasteiger partial charge >= 0.3 is 0 Å². The standard InChI is InChI=1S/C11H21N3S/c1-9-6-10(14(4)13-9)7-12-8-11(2,3)15-5/h6,12H,7-8H2,1-5H3. The van der Waals surface area contributed by atoms with Crippen LogP contribution in [0, 0.1) is 6.92 Å². The molecule has 1 aromatic rings. The second kappa shape index (κ2) is 5.03. The van der Waals surface area contributed by atoms with Crippen LogP contribution in [-0.4, -0.2) is 27.3 Å². The smallest absolute Gasteiger partial charge is 0.0597 e. The first-order chi connectivity index (χ1) is 6.94. The molecule has 0 spiro atoms. The van der Waals surface area contributed by atoms with Gasteiger partial charge in [-0.2, -0.15) is 16.9 Å². The minimum absolute atomic E-state index is 0.299. The van der Waals surface area contributed by atoms with Gasteiger partial charge in [0.25, 0.3) is 0 Å². The Morgan fingerprint density at radius 1 is 1.53 bits per heavy atom. The highest BCUT2D eigenvalue weighted by atomic mass is 32.2. The van der Waals surface area contributed by atoms with E-state index in [1.165, 1.54) is 5.69 Å². The lowest BCUT2D eigenvalue weighted by molar-refractivity contribution is 0.567. The number of thioether (sulfide) groups is 1. The average Bonchev–Trinajstić information content (AvgIpc) is 2.45. The molecule has 0 saturated carbocycles. The van der Waals surface area contributed by atoms with Crippen LogP contribution in [0.25, 0.3) is 0 Å². The van der Waals surface area contributed by atoms with Crippen LogP contribution in [0.1, 0.15) is 25.2 Å². The van der Waals surface area contributed by atoms with Gasteiger partial charge < -0.3 is 5.32 Å². The molecule has 0 fully saturated rings. The molecule has 15 heavy (non-hydrogen) atoms. The summed E-state index contributed by atoms with van der Waals surface area (Å²) in [5, 5.41) is 7.78. The zero-order chi connectivity index (χ0) is 11.5. The molecule has 1 aromatic heterocycles. The maximum atomic E-state index is 4.32. The molecule has 0 aliphatic carbocycles. The molecule has 86 valence electrons. The van der Waals surface area contributed by atoms with E-state index in [9.17, 15) is 0 Å². The highest BCUT2D eigenvalue weighted by Gasteiger charge is 2.15. The predicted molar refractivity (Wildman–Crippen MR) is 67.2 cm³/mol. The van der Waals surface area contributed by atoms with Crippen molar-refractivity contribution in [1.82, 2.24) is 15.1 Å². The van der Waals surface area contributed by atoms with Crippen molar-refractivity contribution in [1.29, 1.82) is 0 Å². The Balaban J connectivity index is 2.41. The lowest BCUT2D eigenvalue weighted by Crippen LogP contribution is -2.32. The fraction of sp³-hybridized carbons (Fsp3) is 0.727. The first-order valence-corrected chi connectivity index (χ1v) is 6.42. The van der Waals surface area contributed by atoms with Crippen molar-refractivity contribution >= 4 is 11.8 Å². The summed E-state index contributed by atoms with van der Waals surface area (Å²) in [6, 6.07) is 2.12. The van der Waals surface area contributed by atoms with Gasteiger partial charge in [-0.15, -0.1) is 0 Å². The van der Waals surface area contributed by atoms with Crippen LogP contribution in [0.2, 0.25) is 0 Å². The number of nitrogens with zero attached hydrogens (tertiary/aromatic N) is 2. The van der Waals surface area contributed by atoms with Crippen LogP contribution in [-0.2, 0) is 13.6 Å². The summed E-state index contributed by atoms with van der Waals surface area (Å²) in [6.07, 6.45) is 2.15. The molecule has 0 unspecified atom stereocenters. The summed E-state index contributed by atoms with van der Waals surface area (Å²) in [6.45, 7) is 8.42. The Kier molecular flexibility index (Phi) is 4.22. The van der Waals surface area contributed by atoms with E-state index in [2.05, 4.69) is 36.6 Å². The maximum Gasteiger partial charge on any atom is 0.0597 e. The minimum Gasteiger partial charge on any atom is -0.310 e. The van der Waals surface area contributed by atoms with Gasteiger partial charge in [-0.25, -0.2) is 0 Å². The van der Waals surface area contributed by atoms with Crippen LogP contribution in [0.5, 0.6) is 0 Å². The molecule has 0 atom stereocenters. The van der Waals surface area contributed by atoms with E-state index in [0.29, 0.717) is 4.75 Å². The highest BCUT2D eigenvalue weighted by molar-refractivity contribution is 7.99. The largest absolute Gasteiger partial charge is 0.310 e. The van der Waals surface area contributed by atoms with E-state index >= 15 is 0 Å². The average molecular weight is 227 g/mol. The molecule has 0 amide bonds. The van der Waals surface area contributed by atoms with Gasteiger partial charge in [0.15, 0.2) is 0 Å². The molecular weight excluding hydrogens is 206 g/mol. The van der Waals surface area contributed by atoms with Gasteiger partial charge in [0.1, 0.15) is 0 Å². The van der Waals surface area contributed by atoms with Gasteiger partial charge in [0, 0.05) is 24.9 Å². The fourth-order valence-corrected chi connectivity index (χ4v) is 1.64. The monoisotopic (exact) mass is 227 g/mol. The molecule has 0 saturated heterocycles. The topological polar surface area (TPSA) is 29.9 Å². The highest BCUT2D eigenvalue weighted by Crippen LogP contribution is 2.19.